The van der Waals surface area contributed by atoms with Gasteiger partial charge in [-0.1, -0.05) is 52.3 Å². The fourth-order valence-corrected chi connectivity index (χ4v) is 3.79. The Hall–Kier alpha value is -1.43. The average Bonchev–Trinajstić information content (AvgIpc) is 2.44. The lowest BCUT2D eigenvalue weighted by Crippen LogP contribution is -2.05. The maximum absolute atomic E-state index is 12.6. The largest absolute Gasteiger partial charge is 0.289 e. The van der Waals surface area contributed by atoms with Gasteiger partial charge in [-0.05, 0) is 35.4 Å². The molecule has 0 aliphatic rings. The lowest BCUT2D eigenvalue weighted by atomic mass is 10.0. The van der Waals surface area contributed by atoms with Crippen molar-refractivity contribution in [3.05, 3.63) is 74.7 Å². The molecule has 6 heteroatoms. The molecule has 23 heavy (non-hydrogen) atoms. The van der Waals surface area contributed by atoms with Crippen molar-refractivity contribution >= 4 is 49.2 Å². The molecule has 2 aromatic rings. The monoisotopic (exact) mass is 412 g/mol. The molecule has 0 atom stereocenters. The Balaban J connectivity index is 2.38. The Bertz CT molecular complexity index is 889. The third kappa shape index (κ3) is 4.53. The zero-order chi connectivity index (χ0) is 17.2. The van der Waals surface area contributed by atoms with Crippen LogP contribution in [0.15, 0.2) is 47.4 Å². The van der Waals surface area contributed by atoms with Gasteiger partial charge in [0.2, 0.25) is 0 Å². The van der Waals surface area contributed by atoms with Gasteiger partial charge in [0.05, 0.1) is 10.8 Å². The van der Waals surface area contributed by atoms with E-state index in [1.54, 1.807) is 42.5 Å². The molecule has 0 heterocycles. The van der Waals surface area contributed by atoms with Crippen LogP contribution in [0.2, 0.25) is 5.02 Å². The number of carbonyl (C=O) groups excluding carboxylic acids is 1. The van der Waals surface area contributed by atoms with Gasteiger partial charge < -0.3 is 0 Å². The highest BCUT2D eigenvalue weighted by Gasteiger charge is 2.17. The van der Waals surface area contributed by atoms with E-state index in [0.717, 1.165) is 5.56 Å². The highest BCUT2D eigenvalue weighted by molar-refractivity contribution is 9.10. The summed E-state index contributed by atoms with van der Waals surface area (Å²) in [7, 11) is -3.13. The summed E-state index contributed by atoms with van der Waals surface area (Å²) < 4.78 is 23.2. The number of hydrogen-bond donors (Lipinski definition) is 0. The van der Waals surface area contributed by atoms with Crippen LogP contribution in [0.25, 0.3) is 6.08 Å². The Morgan fingerprint density at radius 1 is 1.22 bits per heavy atom. The molecule has 0 fully saturated rings. The van der Waals surface area contributed by atoms with E-state index in [-0.39, 0.29) is 11.5 Å². The molecule has 0 saturated carbocycles. The van der Waals surface area contributed by atoms with Crippen LogP contribution in [0.3, 0.4) is 0 Å². The fourth-order valence-electron chi connectivity index (χ4n) is 2.12. The molecular weight excluding hydrogens is 400 g/mol. The molecule has 0 aliphatic heterocycles. The number of ketones is 1. The zero-order valence-electron chi connectivity index (χ0n) is 12.3. The van der Waals surface area contributed by atoms with Crippen molar-refractivity contribution in [1.29, 1.82) is 0 Å². The minimum absolute atomic E-state index is 0.0745. The Morgan fingerprint density at radius 2 is 1.87 bits per heavy atom. The first-order chi connectivity index (χ1) is 10.7. The number of sulfone groups is 1. The predicted molar refractivity (Wildman–Crippen MR) is 97.7 cm³/mol. The number of carbonyl (C=O) groups is 1. The molecule has 0 unspecified atom stereocenters. The molecule has 2 aromatic carbocycles. The number of halogens is 2. The smallest absolute Gasteiger partial charge is 0.195 e. The summed E-state index contributed by atoms with van der Waals surface area (Å²) in [6.07, 6.45) is 2.82. The van der Waals surface area contributed by atoms with Crippen molar-refractivity contribution in [1.82, 2.24) is 0 Å². The van der Waals surface area contributed by atoms with Gasteiger partial charge in [0.15, 0.2) is 15.6 Å². The molecule has 0 radical (unpaired) electrons. The standard InChI is InChI=1S/C17H14BrClO3S/c1-3-11-4-7-14(16(19)9-11)17(20)13-6-5-12(8-15(13)18)10-23(2,21)22/h3-9H,1,10H2,2H3. The highest BCUT2D eigenvalue weighted by Crippen LogP contribution is 2.26. The molecule has 120 valence electrons. The minimum Gasteiger partial charge on any atom is -0.289 e. The van der Waals surface area contributed by atoms with Crippen LogP contribution in [-0.2, 0) is 15.6 Å². The number of rotatable bonds is 5. The molecule has 0 spiro atoms. The topological polar surface area (TPSA) is 51.2 Å². The van der Waals surface area contributed by atoms with Gasteiger partial charge in [0.1, 0.15) is 0 Å². The van der Waals surface area contributed by atoms with Crippen molar-refractivity contribution in [2.24, 2.45) is 0 Å². The predicted octanol–water partition coefficient (Wildman–Crippen LogP) is 4.52. The molecule has 0 aliphatic carbocycles. The van der Waals surface area contributed by atoms with Crippen LogP contribution in [0, 0.1) is 0 Å². The number of hydrogen-bond acceptors (Lipinski definition) is 3. The van der Waals surface area contributed by atoms with Gasteiger partial charge in [0, 0.05) is 21.9 Å². The van der Waals surface area contributed by atoms with Gasteiger partial charge in [0.25, 0.3) is 0 Å². The first kappa shape index (κ1) is 17.9. The summed E-state index contributed by atoms with van der Waals surface area (Å²) in [6.45, 7) is 3.66. The summed E-state index contributed by atoms with van der Waals surface area (Å²) in [5, 5.41) is 0.347. The molecule has 0 amide bonds. The van der Waals surface area contributed by atoms with E-state index in [1.807, 2.05) is 0 Å². The zero-order valence-corrected chi connectivity index (χ0v) is 15.5. The van der Waals surface area contributed by atoms with E-state index in [0.29, 0.717) is 26.2 Å². The molecule has 0 aromatic heterocycles. The van der Waals surface area contributed by atoms with Crippen LogP contribution in [0.5, 0.6) is 0 Å². The summed E-state index contributed by atoms with van der Waals surface area (Å²) in [5.41, 5.74) is 2.25. The van der Waals surface area contributed by atoms with Crippen molar-refractivity contribution in [2.75, 3.05) is 6.26 Å². The Morgan fingerprint density at radius 3 is 2.39 bits per heavy atom. The SMILES string of the molecule is C=Cc1ccc(C(=O)c2ccc(CS(C)(=O)=O)cc2Br)c(Cl)c1. The van der Waals surface area contributed by atoms with E-state index in [9.17, 15) is 13.2 Å². The second kappa shape index (κ2) is 6.99. The first-order valence-electron chi connectivity index (χ1n) is 6.64. The fraction of sp³-hybridized carbons (Fsp3) is 0.118. The third-order valence-corrected chi connectivity index (χ3v) is 5.01. The maximum atomic E-state index is 12.6. The minimum atomic E-state index is -3.13. The molecule has 2 rings (SSSR count). The highest BCUT2D eigenvalue weighted by atomic mass is 79.9. The maximum Gasteiger partial charge on any atom is 0.195 e. The summed E-state index contributed by atoms with van der Waals surface area (Å²) in [5.74, 6) is -0.308. The second-order valence-electron chi connectivity index (χ2n) is 5.16. The molecule has 3 nitrogen and oxygen atoms in total. The Labute approximate surface area is 149 Å². The van der Waals surface area contributed by atoms with Crippen LogP contribution >= 0.6 is 27.5 Å². The van der Waals surface area contributed by atoms with E-state index in [2.05, 4.69) is 22.5 Å². The lowest BCUT2D eigenvalue weighted by molar-refractivity contribution is 0.103. The van der Waals surface area contributed by atoms with Crippen LogP contribution in [0.1, 0.15) is 27.0 Å². The summed E-state index contributed by atoms with van der Waals surface area (Å²) in [4.78, 5) is 12.6. The van der Waals surface area contributed by atoms with Crippen LogP contribution < -0.4 is 0 Å². The molecule has 0 saturated heterocycles. The van der Waals surface area contributed by atoms with Crippen molar-refractivity contribution < 1.29 is 13.2 Å². The van der Waals surface area contributed by atoms with Gasteiger partial charge in [-0.25, -0.2) is 8.42 Å². The normalized spacial score (nSPS) is 11.3. The molecule has 0 bridgehead atoms. The third-order valence-electron chi connectivity index (χ3n) is 3.18. The van der Waals surface area contributed by atoms with Crippen molar-refractivity contribution in [2.45, 2.75) is 5.75 Å². The van der Waals surface area contributed by atoms with Gasteiger partial charge in [-0.3, -0.25) is 4.79 Å². The first-order valence-corrected chi connectivity index (χ1v) is 9.87. The van der Waals surface area contributed by atoms with E-state index in [1.165, 1.54) is 6.26 Å². The summed E-state index contributed by atoms with van der Waals surface area (Å²) in [6, 6.07) is 9.96. The summed E-state index contributed by atoms with van der Waals surface area (Å²) >= 11 is 9.49. The quantitative estimate of drug-likeness (QED) is 0.677. The van der Waals surface area contributed by atoms with Gasteiger partial charge in [-0.15, -0.1) is 0 Å². The van der Waals surface area contributed by atoms with E-state index >= 15 is 0 Å². The van der Waals surface area contributed by atoms with Gasteiger partial charge in [-0.2, -0.15) is 0 Å². The Kier molecular flexibility index (Phi) is 5.45. The number of benzene rings is 2. The van der Waals surface area contributed by atoms with Crippen molar-refractivity contribution in [3.8, 4) is 0 Å². The molecule has 0 N–H and O–H groups in total. The van der Waals surface area contributed by atoms with E-state index in [4.69, 9.17) is 11.6 Å². The van der Waals surface area contributed by atoms with Crippen molar-refractivity contribution in [3.63, 3.8) is 0 Å². The molecular formula is C17H14BrClO3S. The van der Waals surface area contributed by atoms with E-state index < -0.39 is 9.84 Å². The van der Waals surface area contributed by atoms with Crippen LogP contribution in [0.4, 0.5) is 0 Å². The van der Waals surface area contributed by atoms with Gasteiger partial charge >= 0.3 is 0 Å². The average molecular weight is 414 g/mol. The van der Waals surface area contributed by atoms with Crippen LogP contribution in [-0.4, -0.2) is 20.5 Å². The lowest BCUT2D eigenvalue weighted by Gasteiger charge is -2.08. The second-order valence-corrected chi connectivity index (χ2v) is 8.56.